The van der Waals surface area contributed by atoms with E-state index in [0.29, 0.717) is 0 Å². The average molecular weight is 323 g/mol. The summed E-state index contributed by atoms with van der Waals surface area (Å²) in [5.41, 5.74) is 4.93. The highest BCUT2D eigenvalue weighted by atomic mass is 16.5. The molecule has 0 saturated carbocycles. The quantitative estimate of drug-likeness (QED) is 0.576. The minimum Gasteiger partial charge on any atom is -0.497 e. The lowest BCUT2D eigenvalue weighted by atomic mass is 10.2. The zero-order chi connectivity index (χ0) is 16.9. The van der Waals surface area contributed by atoms with Gasteiger partial charge in [-0.05, 0) is 48.9 Å². The van der Waals surface area contributed by atoms with Gasteiger partial charge in [0.1, 0.15) is 17.3 Å². The van der Waals surface area contributed by atoms with Crippen molar-refractivity contribution in [3.05, 3.63) is 54.1 Å². The van der Waals surface area contributed by atoms with Crippen LogP contribution >= 0.6 is 0 Å². The molecule has 1 aromatic heterocycles. The summed E-state index contributed by atoms with van der Waals surface area (Å²) < 4.78 is 6.67. The van der Waals surface area contributed by atoms with Crippen LogP contribution in [0.2, 0.25) is 0 Å². The van der Waals surface area contributed by atoms with E-state index in [4.69, 9.17) is 4.74 Å². The maximum Gasteiger partial charge on any atom is 0.264 e. The van der Waals surface area contributed by atoms with Gasteiger partial charge in [-0.3, -0.25) is 4.79 Å². The average Bonchev–Trinajstić information content (AvgIpc) is 3.05. The fourth-order valence-corrected chi connectivity index (χ4v) is 2.24. The van der Waals surface area contributed by atoms with E-state index < -0.39 is 6.04 Å². The normalized spacial score (nSPS) is 12.4. The van der Waals surface area contributed by atoms with Gasteiger partial charge in [-0.2, -0.15) is 5.10 Å². The highest BCUT2D eigenvalue weighted by molar-refractivity contribution is 5.85. The molecule has 0 aliphatic heterocycles. The Hall–Kier alpha value is -3.22. The second kappa shape index (κ2) is 6.91. The monoisotopic (exact) mass is 323 g/mol. The highest BCUT2D eigenvalue weighted by Gasteiger charge is 2.17. The Morgan fingerprint density at radius 3 is 2.75 bits per heavy atom. The number of hydrogen-bond donors (Lipinski definition) is 1. The number of carbonyl (C=O) groups excluding carboxylic acids is 1. The predicted octanol–water partition coefficient (Wildman–Crippen LogP) is 2.15. The van der Waals surface area contributed by atoms with Crippen LogP contribution in [0.4, 0.5) is 0 Å². The third-order valence-corrected chi connectivity index (χ3v) is 3.63. The molecule has 3 rings (SSSR count). The van der Waals surface area contributed by atoms with Gasteiger partial charge in [0.25, 0.3) is 5.91 Å². The number of amides is 1. The molecule has 1 unspecified atom stereocenters. The molecule has 1 amide bonds. The Kier molecular flexibility index (Phi) is 4.51. The van der Waals surface area contributed by atoms with Gasteiger partial charge in [-0.1, -0.05) is 17.3 Å². The van der Waals surface area contributed by atoms with E-state index in [2.05, 4.69) is 20.8 Å². The molecule has 1 N–H and O–H groups in total. The van der Waals surface area contributed by atoms with Gasteiger partial charge >= 0.3 is 0 Å². The first kappa shape index (κ1) is 15.7. The smallest absolute Gasteiger partial charge is 0.264 e. The van der Waals surface area contributed by atoms with Gasteiger partial charge in [0.2, 0.25) is 0 Å². The lowest BCUT2D eigenvalue weighted by molar-refractivity contribution is -0.124. The summed E-state index contributed by atoms with van der Waals surface area (Å²) in [5, 5.41) is 12.1. The van der Waals surface area contributed by atoms with Gasteiger partial charge in [-0.25, -0.2) is 10.1 Å². The number of nitrogens with zero attached hydrogens (tertiary/aromatic N) is 4. The summed E-state index contributed by atoms with van der Waals surface area (Å²) in [6.07, 6.45) is 1.57. The number of nitrogens with one attached hydrogen (secondary N) is 1. The molecule has 7 nitrogen and oxygen atoms in total. The summed E-state index contributed by atoms with van der Waals surface area (Å²) >= 11 is 0. The highest BCUT2D eigenvalue weighted by Crippen LogP contribution is 2.15. The van der Waals surface area contributed by atoms with Crippen molar-refractivity contribution in [2.45, 2.75) is 13.0 Å². The van der Waals surface area contributed by atoms with Crippen LogP contribution in [0.1, 0.15) is 18.5 Å². The van der Waals surface area contributed by atoms with Gasteiger partial charge in [0.05, 0.1) is 18.8 Å². The first-order valence-corrected chi connectivity index (χ1v) is 7.46. The summed E-state index contributed by atoms with van der Waals surface area (Å²) in [6.45, 7) is 1.75. The van der Waals surface area contributed by atoms with Crippen LogP contribution < -0.4 is 10.2 Å². The predicted molar refractivity (Wildman–Crippen MR) is 91.0 cm³/mol. The number of hydrazone groups is 1. The number of benzene rings is 2. The number of methoxy groups -OCH3 is 1. The van der Waals surface area contributed by atoms with Gasteiger partial charge in [0, 0.05) is 0 Å². The molecule has 0 radical (unpaired) electrons. The van der Waals surface area contributed by atoms with Crippen LogP contribution in [-0.2, 0) is 4.79 Å². The van der Waals surface area contributed by atoms with Crippen molar-refractivity contribution in [2.75, 3.05) is 7.11 Å². The van der Waals surface area contributed by atoms with E-state index in [-0.39, 0.29) is 5.91 Å². The van der Waals surface area contributed by atoms with Crippen molar-refractivity contribution in [2.24, 2.45) is 5.10 Å². The Morgan fingerprint density at radius 1 is 1.25 bits per heavy atom. The molecular formula is C17H17N5O2. The van der Waals surface area contributed by atoms with Gasteiger partial charge < -0.3 is 4.74 Å². The van der Waals surface area contributed by atoms with Crippen molar-refractivity contribution >= 4 is 23.2 Å². The van der Waals surface area contributed by atoms with E-state index in [1.54, 1.807) is 24.9 Å². The SMILES string of the molecule is COc1ccc(/C=N/NC(=O)C(C)n2nnc3ccccc32)cc1. The molecule has 24 heavy (non-hydrogen) atoms. The molecule has 2 aromatic carbocycles. The second-order valence-corrected chi connectivity index (χ2v) is 5.21. The first-order valence-electron chi connectivity index (χ1n) is 7.46. The number of carbonyl (C=O) groups is 1. The van der Waals surface area contributed by atoms with Crippen LogP contribution in [-0.4, -0.2) is 34.2 Å². The molecule has 0 aliphatic rings. The third kappa shape index (κ3) is 3.24. The van der Waals surface area contributed by atoms with Crippen LogP contribution in [0.15, 0.2) is 53.6 Å². The Labute approximate surface area is 138 Å². The van der Waals surface area contributed by atoms with E-state index >= 15 is 0 Å². The van der Waals surface area contributed by atoms with E-state index in [1.165, 1.54) is 0 Å². The van der Waals surface area contributed by atoms with E-state index in [1.807, 2.05) is 48.5 Å². The molecule has 1 heterocycles. The molecule has 0 fully saturated rings. The molecule has 0 aliphatic carbocycles. The first-order chi connectivity index (χ1) is 11.7. The molecule has 0 saturated heterocycles. The van der Waals surface area contributed by atoms with Crippen molar-refractivity contribution in [1.29, 1.82) is 0 Å². The van der Waals surface area contributed by atoms with E-state index in [0.717, 1.165) is 22.3 Å². The number of fused-ring (bicyclic) bond motifs is 1. The molecule has 0 bridgehead atoms. The molecule has 3 aromatic rings. The van der Waals surface area contributed by atoms with Crippen molar-refractivity contribution < 1.29 is 9.53 Å². The van der Waals surface area contributed by atoms with Crippen LogP contribution in [0.5, 0.6) is 5.75 Å². The summed E-state index contributed by atoms with van der Waals surface area (Å²) in [4.78, 5) is 12.2. The summed E-state index contributed by atoms with van der Waals surface area (Å²) in [5.74, 6) is 0.498. The number of hydrogen-bond acceptors (Lipinski definition) is 5. The van der Waals surface area contributed by atoms with Crippen LogP contribution in [0.3, 0.4) is 0 Å². The van der Waals surface area contributed by atoms with Gasteiger partial charge in [0.15, 0.2) is 0 Å². The fourth-order valence-electron chi connectivity index (χ4n) is 2.24. The zero-order valence-electron chi connectivity index (χ0n) is 13.4. The lowest BCUT2D eigenvalue weighted by Gasteiger charge is -2.10. The minimum absolute atomic E-state index is 0.268. The number of ether oxygens (including phenoxy) is 1. The standard InChI is InChI=1S/C17H17N5O2/c1-12(22-16-6-4-3-5-15(16)19-21-22)17(23)20-18-11-13-7-9-14(24-2)10-8-13/h3-12H,1-2H3,(H,20,23)/b18-11+. The lowest BCUT2D eigenvalue weighted by Crippen LogP contribution is -2.28. The van der Waals surface area contributed by atoms with Gasteiger partial charge in [-0.15, -0.1) is 5.10 Å². The summed E-state index contributed by atoms with van der Waals surface area (Å²) in [7, 11) is 1.61. The Bertz CT molecular complexity index is 870. The maximum absolute atomic E-state index is 12.2. The minimum atomic E-state index is -0.523. The largest absolute Gasteiger partial charge is 0.497 e. The topological polar surface area (TPSA) is 81.4 Å². The zero-order valence-corrected chi connectivity index (χ0v) is 13.4. The Morgan fingerprint density at radius 2 is 2.00 bits per heavy atom. The number of aromatic nitrogens is 3. The maximum atomic E-state index is 12.2. The number of para-hydroxylation sites is 1. The molecule has 7 heteroatoms. The fraction of sp³-hybridized carbons (Fsp3) is 0.176. The second-order valence-electron chi connectivity index (χ2n) is 5.21. The Balaban J connectivity index is 1.66. The van der Waals surface area contributed by atoms with E-state index in [9.17, 15) is 4.79 Å². The summed E-state index contributed by atoms with van der Waals surface area (Å²) in [6, 6.07) is 14.3. The molecule has 1 atom stereocenters. The van der Waals surface area contributed by atoms with Crippen LogP contribution in [0, 0.1) is 0 Å². The molecule has 0 spiro atoms. The van der Waals surface area contributed by atoms with Crippen molar-refractivity contribution in [3.8, 4) is 5.75 Å². The molecule has 122 valence electrons. The van der Waals surface area contributed by atoms with Crippen molar-refractivity contribution in [3.63, 3.8) is 0 Å². The van der Waals surface area contributed by atoms with Crippen molar-refractivity contribution in [1.82, 2.24) is 20.4 Å². The third-order valence-electron chi connectivity index (χ3n) is 3.63. The number of rotatable bonds is 5. The van der Waals surface area contributed by atoms with Crippen LogP contribution in [0.25, 0.3) is 11.0 Å². The molecular weight excluding hydrogens is 306 g/mol.